The van der Waals surface area contributed by atoms with Crippen LogP contribution in [0.1, 0.15) is 43.7 Å². The van der Waals surface area contributed by atoms with E-state index in [-0.39, 0.29) is 27.6 Å². The zero-order valence-corrected chi connectivity index (χ0v) is 26.6. The number of fused-ring (bicyclic) bond motifs is 1. The Bertz CT molecular complexity index is 1730. The molecule has 1 saturated carbocycles. The highest BCUT2D eigenvalue weighted by Crippen LogP contribution is 2.55. The number of ether oxygens (including phenoxy) is 1. The molecule has 0 radical (unpaired) electrons. The number of carboxylic acids is 1. The highest BCUT2D eigenvalue weighted by molar-refractivity contribution is 8.00. The minimum atomic E-state index is -0.778. The van der Waals surface area contributed by atoms with Crippen molar-refractivity contribution >= 4 is 69.3 Å². The first kappa shape index (κ1) is 30.6. The van der Waals surface area contributed by atoms with Gasteiger partial charge in [0.05, 0.1) is 29.4 Å². The monoisotopic (exact) mass is 655 g/mol. The second kappa shape index (κ2) is 12.5. The van der Waals surface area contributed by atoms with E-state index in [9.17, 15) is 19.5 Å². The van der Waals surface area contributed by atoms with Crippen molar-refractivity contribution in [1.29, 1.82) is 0 Å². The summed E-state index contributed by atoms with van der Waals surface area (Å²) >= 11 is 8.99. The molecule has 6 rings (SSSR count). The Morgan fingerprint density at radius 3 is 2.50 bits per heavy atom. The lowest BCUT2D eigenvalue weighted by Gasteiger charge is -2.25. The molecule has 10 nitrogen and oxygen atoms in total. The maximum Gasteiger partial charge on any atom is 0.351 e. The Kier molecular flexibility index (Phi) is 8.71. The molecule has 44 heavy (non-hydrogen) atoms. The SMILES string of the molecule is COc1cccc2c1c([N+]1(Sc3ccc(Cl)s3)O[C@H]1C(C)=O)nn2Cc1cccc(CNC(=O)C2CCC(C(=O)O)CC2)c1. The topological polar surface area (TPSA) is 123 Å². The van der Waals surface area contributed by atoms with Gasteiger partial charge in [-0.25, -0.2) is 0 Å². The molecule has 3 heterocycles. The number of hydroxylamine groups is 1. The standard InChI is InChI=1S/C31H31ClN4O6S2/c1-18(37)30-36(42-30,44-26-14-13-25(32)43-26)28-27-23(7-4-8-24(27)41-2)35(34-28)17-20-6-3-5-19(15-20)16-33-29(38)21-9-11-22(12-10-21)31(39)40/h3-8,13-15,21-22,30H,9-12,16-17H2,1-2H3,(H-,33,38,39,40)/p+1/t21?,22?,30-,36?/m0/s1. The first-order chi connectivity index (χ1) is 21.2. The number of hydrogen-bond donors (Lipinski definition) is 2. The van der Waals surface area contributed by atoms with E-state index < -0.39 is 12.2 Å². The van der Waals surface area contributed by atoms with E-state index in [0.29, 0.717) is 54.7 Å². The zero-order chi connectivity index (χ0) is 31.0. The molecule has 1 unspecified atom stereocenters. The molecule has 1 amide bonds. The Morgan fingerprint density at radius 2 is 1.84 bits per heavy atom. The smallest absolute Gasteiger partial charge is 0.351 e. The van der Waals surface area contributed by atoms with Crippen molar-refractivity contribution in [3.8, 4) is 5.75 Å². The van der Waals surface area contributed by atoms with Crippen LogP contribution in [-0.4, -0.2) is 45.9 Å². The van der Waals surface area contributed by atoms with Crippen LogP contribution in [0.15, 0.2) is 58.8 Å². The van der Waals surface area contributed by atoms with Gasteiger partial charge >= 0.3 is 18.0 Å². The lowest BCUT2D eigenvalue weighted by molar-refractivity contribution is -0.144. The maximum atomic E-state index is 12.8. The number of halogens is 1. The van der Waals surface area contributed by atoms with Gasteiger partial charge < -0.3 is 15.2 Å². The summed E-state index contributed by atoms with van der Waals surface area (Å²) in [6, 6.07) is 17.4. The van der Waals surface area contributed by atoms with E-state index in [1.54, 1.807) is 7.11 Å². The second-order valence-electron chi connectivity index (χ2n) is 11.1. The van der Waals surface area contributed by atoms with Crippen LogP contribution < -0.4 is 14.1 Å². The van der Waals surface area contributed by atoms with Crippen molar-refractivity contribution in [3.05, 3.63) is 70.1 Å². The third-order valence-corrected chi connectivity index (χ3v) is 10.7. The van der Waals surface area contributed by atoms with Gasteiger partial charge in [0.2, 0.25) is 11.7 Å². The summed E-state index contributed by atoms with van der Waals surface area (Å²) in [7, 11) is 1.60. The number of nitrogens with zero attached hydrogens (tertiary/aromatic N) is 3. The number of methoxy groups -OCH3 is 1. The van der Waals surface area contributed by atoms with Crippen LogP contribution in [0, 0.1) is 11.8 Å². The summed E-state index contributed by atoms with van der Waals surface area (Å²) in [5.41, 5.74) is 2.76. The number of thiophene rings is 1. The number of carbonyl (C=O) groups excluding carboxylic acids is 2. The Labute approximate surface area is 267 Å². The van der Waals surface area contributed by atoms with Gasteiger partial charge in [-0.3, -0.25) is 19.1 Å². The van der Waals surface area contributed by atoms with Crippen molar-refractivity contribution in [1.82, 2.24) is 19.1 Å². The lowest BCUT2D eigenvalue weighted by Crippen LogP contribution is -2.34. The minimum Gasteiger partial charge on any atom is -0.496 e. The lowest BCUT2D eigenvalue weighted by atomic mass is 9.81. The number of amides is 1. The van der Waals surface area contributed by atoms with Crippen LogP contribution in [0.25, 0.3) is 10.9 Å². The van der Waals surface area contributed by atoms with E-state index >= 15 is 0 Å². The number of hydrogen-bond acceptors (Lipinski definition) is 8. The molecule has 230 valence electrons. The maximum absolute atomic E-state index is 12.8. The molecule has 2 aromatic carbocycles. The summed E-state index contributed by atoms with van der Waals surface area (Å²) in [6.45, 7) is 2.32. The van der Waals surface area contributed by atoms with E-state index in [4.69, 9.17) is 26.3 Å². The van der Waals surface area contributed by atoms with Gasteiger partial charge in [0.25, 0.3) is 0 Å². The number of rotatable bonds is 11. The number of quaternary nitrogens is 1. The fourth-order valence-corrected chi connectivity index (χ4v) is 8.47. The average molecular weight is 656 g/mol. The third-order valence-electron chi connectivity index (χ3n) is 8.12. The van der Waals surface area contributed by atoms with Gasteiger partial charge in [0.15, 0.2) is 11.9 Å². The number of aromatic nitrogens is 2. The fraction of sp³-hybridized carbons (Fsp3) is 0.355. The van der Waals surface area contributed by atoms with Crippen LogP contribution in [-0.2, 0) is 32.3 Å². The van der Waals surface area contributed by atoms with E-state index in [2.05, 4.69) is 5.32 Å². The van der Waals surface area contributed by atoms with Crippen molar-refractivity contribution in [3.63, 3.8) is 0 Å². The number of Topliss-reactive ketones (excluding diaryl/α,β-unsaturated/α-hetero) is 1. The van der Waals surface area contributed by atoms with Gasteiger partial charge in [0.1, 0.15) is 15.3 Å². The summed E-state index contributed by atoms with van der Waals surface area (Å²) < 4.78 is 9.00. The Hall–Kier alpha value is -3.42. The van der Waals surface area contributed by atoms with Crippen molar-refractivity contribution in [2.45, 2.75) is 56.1 Å². The Balaban J connectivity index is 1.24. The molecule has 1 aliphatic heterocycles. The molecule has 4 aromatic rings. The van der Waals surface area contributed by atoms with Gasteiger partial charge in [-0.2, -0.15) is 0 Å². The summed E-state index contributed by atoms with van der Waals surface area (Å²) in [5.74, 6) is -0.246. The van der Waals surface area contributed by atoms with Crippen molar-refractivity contribution < 1.29 is 29.1 Å². The number of nitrogens with one attached hydrogen (secondary N) is 1. The van der Waals surface area contributed by atoms with Gasteiger partial charge in [-0.15, -0.1) is 21.3 Å². The normalized spacial score (nSPS) is 22.9. The number of carboxylic acid groups (broad SMARTS) is 1. The molecule has 0 spiro atoms. The number of ketones is 1. The zero-order valence-electron chi connectivity index (χ0n) is 24.2. The molecule has 2 fully saturated rings. The van der Waals surface area contributed by atoms with Crippen LogP contribution in [0.5, 0.6) is 5.75 Å². The van der Waals surface area contributed by atoms with Gasteiger partial charge in [0, 0.05) is 19.4 Å². The summed E-state index contributed by atoms with van der Waals surface area (Å²) in [4.78, 5) is 42.7. The largest absolute Gasteiger partial charge is 0.496 e. The van der Waals surface area contributed by atoms with E-state index in [1.165, 1.54) is 30.2 Å². The number of aliphatic carboxylic acids is 1. The average Bonchev–Trinajstić information content (AvgIpc) is 3.42. The molecule has 2 N–H and O–H groups in total. The van der Waals surface area contributed by atoms with Gasteiger partial charge in [-0.05, 0) is 65.1 Å². The van der Waals surface area contributed by atoms with Crippen molar-refractivity contribution in [2.24, 2.45) is 11.8 Å². The first-order valence-corrected chi connectivity index (χ1v) is 16.3. The molecule has 1 saturated heterocycles. The van der Waals surface area contributed by atoms with E-state index in [1.807, 2.05) is 59.3 Å². The molecule has 13 heteroatoms. The molecule has 2 aromatic heterocycles. The van der Waals surface area contributed by atoms with Crippen LogP contribution in [0.4, 0.5) is 5.82 Å². The predicted octanol–water partition coefficient (Wildman–Crippen LogP) is 6.19. The summed E-state index contributed by atoms with van der Waals surface area (Å²) in [5, 5.41) is 18.0. The quantitative estimate of drug-likeness (QED) is 0.111. The molecule has 2 aliphatic rings. The molecule has 0 bridgehead atoms. The van der Waals surface area contributed by atoms with Crippen molar-refractivity contribution in [2.75, 3.05) is 7.11 Å². The Morgan fingerprint density at radius 1 is 1.11 bits per heavy atom. The van der Waals surface area contributed by atoms with Crippen LogP contribution >= 0.6 is 34.9 Å². The third kappa shape index (κ3) is 6.09. The summed E-state index contributed by atoms with van der Waals surface area (Å²) in [6.07, 6.45) is 1.53. The van der Waals surface area contributed by atoms with Gasteiger partial charge in [-0.1, -0.05) is 41.9 Å². The number of carbonyl (C=O) groups is 3. The minimum absolute atomic E-state index is 0.0360. The van der Waals surface area contributed by atoms with Crippen LogP contribution in [0.2, 0.25) is 4.34 Å². The molecule has 2 atom stereocenters. The van der Waals surface area contributed by atoms with Crippen LogP contribution in [0.3, 0.4) is 0 Å². The highest BCUT2D eigenvalue weighted by atomic mass is 35.5. The second-order valence-corrected chi connectivity index (χ2v) is 14.2. The first-order valence-electron chi connectivity index (χ1n) is 14.3. The van der Waals surface area contributed by atoms with E-state index in [0.717, 1.165) is 26.2 Å². The molecule has 1 aliphatic carbocycles. The number of benzene rings is 2. The highest BCUT2D eigenvalue weighted by Gasteiger charge is 2.69. The predicted molar refractivity (Wildman–Crippen MR) is 169 cm³/mol. The molecular formula is C31H32ClN4O6S2+. The molecular weight excluding hydrogens is 624 g/mol. The fourth-order valence-electron chi connectivity index (χ4n) is 5.82.